The fraction of sp³-hybridized carbons (Fsp3) is 0.278. The Morgan fingerprint density at radius 1 is 1.29 bits per heavy atom. The van der Waals surface area contributed by atoms with E-state index in [2.05, 4.69) is 16.2 Å². The highest BCUT2D eigenvalue weighted by Crippen LogP contribution is 2.31. The zero-order valence-electron chi connectivity index (χ0n) is 13.9. The van der Waals surface area contributed by atoms with E-state index in [-0.39, 0.29) is 11.5 Å². The number of rotatable bonds is 2. The Kier molecular flexibility index (Phi) is 3.94. The number of aromatic amines is 1. The third kappa shape index (κ3) is 2.40. The quantitative estimate of drug-likeness (QED) is 0.767. The van der Waals surface area contributed by atoms with Gasteiger partial charge in [-0.05, 0) is 48.6 Å². The molecule has 0 aliphatic heterocycles. The first-order valence-electron chi connectivity index (χ1n) is 7.66. The molecule has 24 heavy (non-hydrogen) atoms. The van der Waals surface area contributed by atoms with Crippen molar-refractivity contribution >= 4 is 17.2 Å². The number of benzene rings is 1. The van der Waals surface area contributed by atoms with Gasteiger partial charge in [-0.25, -0.2) is 0 Å². The first-order valence-corrected chi connectivity index (χ1v) is 8.04. The number of nitrogens with one attached hydrogen (secondary N) is 1. The second kappa shape index (κ2) is 5.81. The van der Waals surface area contributed by atoms with Crippen LogP contribution >= 0.6 is 11.6 Å². The summed E-state index contributed by atoms with van der Waals surface area (Å²) < 4.78 is 1.26. The van der Waals surface area contributed by atoms with Gasteiger partial charge in [-0.2, -0.15) is 14.9 Å². The monoisotopic (exact) mass is 340 g/mol. The second-order valence-corrected chi connectivity index (χ2v) is 6.61. The number of nitrogens with zero attached hydrogens (tertiary/aromatic N) is 3. The average Bonchev–Trinajstić information content (AvgIpc) is 2.94. The number of H-pyrrole nitrogens is 1. The van der Waals surface area contributed by atoms with E-state index in [4.69, 9.17) is 11.6 Å². The Morgan fingerprint density at radius 2 is 1.92 bits per heavy atom. The number of nitriles is 1. The van der Waals surface area contributed by atoms with Gasteiger partial charge in [0.1, 0.15) is 11.6 Å². The van der Waals surface area contributed by atoms with Crippen molar-refractivity contribution < 1.29 is 0 Å². The standard InChI is InChI=1S/C18H17ClN4O/c1-9(2)14-16(12-5-10(3)15(19)11(4)6-12)22-17-13(7-20)8-21-23(17)18(14)24/h5-6,8-9,22H,1-4H3. The molecule has 0 aliphatic carbocycles. The van der Waals surface area contributed by atoms with Crippen LogP contribution in [0.5, 0.6) is 0 Å². The summed E-state index contributed by atoms with van der Waals surface area (Å²) >= 11 is 6.27. The Bertz CT molecular complexity index is 1030. The molecule has 0 spiro atoms. The maximum Gasteiger partial charge on any atom is 0.278 e. The lowest BCUT2D eigenvalue weighted by Gasteiger charge is -2.15. The molecule has 2 heterocycles. The van der Waals surface area contributed by atoms with Crippen LogP contribution in [-0.4, -0.2) is 14.6 Å². The molecule has 2 aromatic heterocycles. The molecule has 1 N–H and O–H groups in total. The molecule has 0 bridgehead atoms. The van der Waals surface area contributed by atoms with Crippen LogP contribution in [0, 0.1) is 25.2 Å². The van der Waals surface area contributed by atoms with Crippen molar-refractivity contribution in [2.24, 2.45) is 0 Å². The molecule has 6 heteroatoms. The molecule has 0 saturated carbocycles. The summed E-state index contributed by atoms with van der Waals surface area (Å²) in [5.74, 6) is -0.000763. The molecule has 3 rings (SSSR count). The van der Waals surface area contributed by atoms with Gasteiger partial charge in [-0.1, -0.05) is 25.4 Å². The van der Waals surface area contributed by atoms with Crippen LogP contribution < -0.4 is 5.56 Å². The third-order valence-corrected chi connectivity index (χ3v) is 4.72. The van der Waals surface area contributed by atoms with Gasteiger partial charge in [0.2, 0.25) is 0 Å². The normalized spacial score (nSPS) is 11.2. The van der Waals surface area contributed by atoms with Crippen LogP contribution in [0.1, 0.15) is 42.0 Å². The molecular weight excluding hydrogens is 324 g/mol. The molecule has 0 aliphatic rings. The van der Waals surface area contributed by atoms with Gasteiger partial charge >= 0.3 is 0 Å². The lowest BCUT2D eigenvalue weighted by atomic mass is 9.96. The molecule has 122 valence electrons. The van der Waals surface area contributed by atoms with E-state index in [1.165, 1.54) is 10.7 Å². The molecule has 0 atom stereocenters. The molecule has 3 aromatic rings. The minimum absolute atomic E-state index is 0.000763. The van der Waals surface area contributed by atoms with E-state index >= 15 is 0 Å². The molecule has 0 radical (unpaired) electrons. The van der Waals surface area contributed by atoms with Crippen molar-refractivity contribution in [3.8, 4) is 17.3 Å². The van der Waals surface area contributed by atoms with Gasteiger partial charge in [0.15, 0.2) is 5.65 Å². The zero-order valence-corrected chi connectivity index (χ0v) is 14.7. The van der Waals surface area contributed by atoms with Crippen molar-refractivity contribution in [3.63, 3.8) is 0 Å². The van der Waals surface area contributed by atoms with Crippen LogP contribution in [0.15, 0.2) is 23.1 Å². The minimum atomic E-state index is -0.208. The summed E-state index contributed by atoms with van der Waals surface area (Å²) in [5.41, 5.74) is 4.65. The zero-order chi connectivity index (χ0) is 17.6. The van der Waals surface area contributed by atoms with E-state index in [1.807, 2.05) is 39.8 Å². The number of aryl methyl sites for hydroxylation is 2. The Balaban J connectivity index is 2.44. The molecule has 0 fully saturated rings. The fourth-order valence-corrected chi connectivity index (χ4v) is 3.07. The lowest BCUT2D eigenvalue weighted by molar-refractivity contribution is 0.797. The first kappa shape index (κ1) is 16.3. The van der Waals surface area contributed by atoms with Gasteiger partial charge < -0.3 is 4.98 Å². The van der Waals surface area contributed by atoms with Crippen molar-refractivity contribution in [2.45, 2.75) is 33.6 Å². The topological polar surface area (TPSA) is 73.9 Å². The van der Waals surface area contributed by atoms with Gasteiger partial charge in [0, 0.05) is 10.6 Å². The summed E-state index contributed by atoms with van der Waals surface area (Å²) in [4.78, 5) is 16.1. The third-order valence-electron chi connectivity index (χ3n) is 4.13. The number of hydrogen-bond acceptors (Lipinski definition) is 3. The predicted octanol–water partition coefficient (Wildman–Crippen LogP) is 3.95. The smallest absolute Gasteiger partial charge is 0.278 e. The van der Waals surface area contributed by atoms with Gasteiger partial charge in [-0.3, -0.25) is 4.79 Å². The van der Waals surface area contributed by atoms with E-state index in [9.17, 15) is 10.1 Å². The second-order valence-electron chi connectivity index (χ2n) is 6.23. The molecule has 1 aromatic carbocycles. The van der Waals surface area contributed by atoms with Gasteiger partial charge in [0.25, 0.3) is 5.56 Å². The minimum Gasteiger partial charge on any atom is -0.338 e. The van der Waals surface area contributed by atoms with Crippen LogP contribution in [0.2, 0.25) is 5.02 Å². The fourth-order valence-electron chi connectivity index (χ4n) is 2.96. The summed E-state index contributed by atoms with van der Waals surface area (Å²) in [7, 11) is 0. The summed E-state index contributed by atoms with van der Waals surface area (Å²) in [6.07, 6.45) is 1.40. The molecule has 5 nitrogen and oxygen atoms in total. The highest BCUT2D eigenvalue weighted by molar-refractivity contribution is 6.32. The Morgan fingerprint density at radius 3 is 2.46 bits per heavy atom. The van der Waals surface area contributed by atoms with E-state index in [0.29, 0.717) is 22.5 Å². The summed E-state index contributed by atoms with van der Waals surface area (Å²) in [6, 6.07) is 5.96. The van der Waals surface area contributed by atoms with Crippen LogP contribution in [0.3, 0.4) is 0 Å². The van der Waals surface area contributed by atoms with E-state index < -0.39 is 0 Å². The van der Waals surface area contributed by atoms with Crippen molar-refractivity contribution in [3.05, 3.63) is 56.0 Å². The van der Waals surface area contributed by atoms with E-state index in [1.54, 1.807) is 0 Å². The highest BCUT2D eigenvalue weighted by Gasteiger charge is 2.19. The van der Waals surface area contributed by atoms with E-state index in [0.717, 1.165) is 21.7 Å². The van der Waals surface area contributed by atoms with Crippen LogP contribution in [-0.2, 0) is 0 Å². The Hall–Kier alpha value is -2.58. The molecule has 0 unspecified atom stereocenters. The van der Waals surface area contributed by atoms with Gasteiger partial charge in [0.05, 0.1) is 11.9 Å². The number of halogens is 1. The molecule has 0 saturated heterocycles. The summed E-state index contributed by atoms with van der Waals surface area (Å²) in [5, 5.41) is 14.0. The SMILES string of the molecule is Cc1cc(-c2[nH]c3c(C#N)cnn3c(=O)c2C(C)C)cc(C)c1Cl. The van der Waals surface area contributed by atoms with Crippen LogP contribution in [0.25, 0.3) is 16.9 Å². The maximum atomic E-state index is 12.9. The molecular formula is C18H17ClN4O. The first-order chi connectivity index (χ1) is 11.3. The Labute approximate surface area is 144 Å². The maximum absolute atomic E-state index is 12.9. The van der Waals surface area contributed by atoms with Crippen molar-refractivity contribution in [1.29, 1.82) is 5.26 Å². The highest BCUT2D eigenvalue weighted by atomic mass is 35.5. The predicted molar refractivity (Wildman–Crippen MR) is 94.5 cm³/mol. The molecule has 0 amide bonds. The van der Waals surface area contributed by atoms with Crippen LogP contribution in [0.4, 0.5) is 0 Å². The average molecular weight is 341 g/mol. The number of fused-ring (bicyclic) bond motifs is 1. The van der Waals surface area contributed by atoms with Crippen molar-refractivity contribution in [1.82, 2.24) is 14.6 Å². The lowest BCUT2D eigenvalue weighted by Crippen LogP contribution is -2.22. The number of aromatic nitrogens is 3. The summed E-state index contributed by atoms with van der Waals surface area (Å²) in [6.45, 7) is 7.79. The largest absolute Gasteiger partial charge is 0.338 e. The number of hydrogen-bond donors (Lipinski definition) is 1. The van der Waals surface area contributed by atoms with Crippen molar-refractivity contribution in [2.75, 3.05) is 0 Å². The van der Waals surface area contributed by atoms with Gasteiger partial charge in [-0.15, -0.1) is 0 Å².